The lowest BCUT2D eigenvalue weighted by Crippen LogP contribution is -2.41. The van der Waals surface area contributed by atoms with Crippen molar-refractivity contribution in [1.82, 2.24) is 9.80 Å². The zero-order valence-corrected chi connectivity index (χ0v) is 22.0. The molecule has 0 bridgehead atoms. The fraction of sp³-hybridized carbons (Fsp3) is 0.464. The van der Waals surface area contributed by atoms with Gasteiger partial charge in [0.15, 0.2) is 0 Å². The Bertz CT molecular complexity index is 1160. The van der Waals surface area contributed by atoms with Crippen LogP contribution in [0, 0.1) is 11.7 Å². The minimum Gasteiger partial charge on any atom is -0.373 e. The lowest BCUT2D eigenvalue weighted by molar-refractivity contribution is -0.145. The highest BCUT2D eigenvalue weighted by Gasteiger charge is 2.38. The van der Waals surface area contributed by atoms with Gasteiger partial charge in [0.25, 0.3) is 11.8 Å². The summed E-state index contributed by atoms with van der Waals surface area (Å²) in [6.45, 7) is 5.31. The highest BCUT2D eigenvalue weighted by Crippen LogP contribution is 2.40. The fourth-order valence-electron chi connectivity index (χ4n) is 5.07. The summed E-state index contributed by atoms with van der Waals surface area (Å²) < 4.78 is 13.2. The Balaban J connectivity index is 1.48. The second-order valence-electron chi connectivity index (χ2n) is 10.3. The van der Waals surface area contributed by atoms with Crippen LogP contribution < -0.4 is 4.90 Å². The van der Waals surface area contributed by atoms with Crippen molar-refractivity contribution < 1.29 is 18.8 Å². The number of likely N-dealkylation sites (N-methyl/N-ethyl adjacent to an activating group) is 2. The van der Waals surface area contributed by atoms with Gasteiger partial charge < -0.3 is 14.7 Å². The molecule has 2 aromatic rings. The average molecular weight is 514 g/mol. The first-order valence-corrected chi connectivity index (χ1v) is 12.8. The molecular formula is C28H33ClFN3O3. The lowest BCUT2D eigenvalue weighted by atomic mass is 9.89. The normalized spacial score (nSPS) is 17.9. The molecule has 0 aromatic heterocycles. The number of carbonyl (C=O) groups excluding carboxylic acids is 3. The molecule has 8 heteroatoms. The van der Waals surface area contributed by atoms with Crippen LogP contribution >= 0.6 is 11.6 Å². The third kappa shape index (κ3) is 5.26. The summed E-state index contributed by atoms with van der Waals surface area (Å²) in [5, 5.41) is 0.345. The number of hydrogen-bond donors (Lipinski definition) is 0. The first-order chi connectivity index (χ1) is 17.1. The molecule has 192 valence electrons. The third-order valence-electron chi connectivity index (χ3n) is 7.55. The molecular weight excluding hydrogens is 481 g/mol. The maximum Gasteiger partial charge on any atom is 0.290 e. The Morgan fingerprint density at radius 3 is 2.36 bits per heavy atom. The van der Waals surface area contributed by atoms with Crippen LogP contribution in [0.3, 0.4) is 0 Å². The number of rotatable bonds is 6. The molecule has 6 nitrogen and oxygen atoms in total. The van der Waals surface area contributed by atoms with Gasteiger partial charge in [-0.2, -0.15) is 0 Å². The molecule has 4 rings (SSSR count). The minimum absolute atomic E-state index is 0.0894. The minimum atomic E-state index is -0.635. The van der Waals surface area contributed by atoms with Crippen molar-refractivity contribution in [1.29, 1.82) is 0 Å². The van der Waals surface area contributed by atoms with Crippen LogP contribution in [0.15, 0.2) is 36.4 Å². The Hall–Kier alpha value is -2.93. The Morgan fingerprint density at radius 1 is 1.11 bits per heavy atom. The molecule has 2 aliphatic rings. The molecule has 0 saturated carbocycles. The van der Waals surface area contributed by atoms with E-state index in [4.69, 9.17) is 11.6 Å². The second kappa shape index (κ2) is 10.6. The quantitative estimate of drug-likeness (QED) is 0.532. The van der Waals surface area contributed by atoms with Crippen molar-refractivity contribution in [2.75, 3.05) is 38.6 Å². The van der Waals surface area contributed by atoms with Crippen molar-refractivity contribution in [2.24, 2.45) is 5.92 Å². The standard InChI is InChI=1S/C28H33ClFN3O3/c1-17(2)32(4)28(36)26(34)23-16-31(3)25-15-24(29)22(14-21(23)25)27(35)33-11-9-19(10-12-33)13-18-5-7-20(30)8-6-18/h5-8,14-15,17,19,23H,9-13,16H2,1-4H3. The average Bonchev–Trinajstić information content (AvgIpc) is 3.18. The van der Waals surface area contributed by atoms with E-state index in [0.29, 0.717) is 41.7 Å². The highest BCUT2D eigenvalue weighted by atomic mass is 35.5. The summed E-state index contributed by atoms with van der Waals surface area (Å²) in [7, 11) is 3.48. The number of piperidine rings is 1. The molecule has 1 fully saturated rings. The van der Waals surface area contributed by atoms with E-state index >= 15 is 0 Å². The van der Waals surface area contributed by atoms with Crippen molar-refractivity contribution in [3.05, 3.63) is 63.9 Å². The van der Waals surface area contributed by atoms with Crippen molar-refractivity contribution in [2.45, 2.75) is 45.1 Å². The number of fused-ring (bicyclic) bond motifs is 1. The van der Waals surface area contributed by atoms with Gasteiger partial charge in [-0.1, -0.05) is 23.7 Å². The van der Waals surface area contributed by atoms with Gasteiger partial charge in [0, 0.05) is 45.5 Å². The first kappa shape index (κ1) is 26.1. The monoisotopic (exact) mass is 513 g/mol. The van der Waals surface area contributed by atoms with E-state index < -0.39 is 17.6 Å². The Morgan fingerprint density at radius 2 is 1.75 bits per heavy atom. The predicted molar refractivity (Wildman–Crippen MR) is 139 cm³/mol. The molecule has 2 amide bonds. The third-order valence-corrected chi connectivity index (χ3v) is 7.86. The van der Waals surface area contributed by atoms with Gasteiger partial charge in [0.1, 0.15) is 5.82 Å². The van der Waals surface area contributed by atoms with Gasteiger partial charge in [0.05, 0.1) is 16.5 Å². The van der Waals surface area contributed by atoms with Gasteiger partial charge in [0.2, 0.25) is 5.78 Å². The zero-order valence-electron chi connectivity index (χ0n) is 21.3. The van der Waals surface area contributed by atoms with Crippen LogP contribution in [0.2, 0.25) is 5.02 Å². The van der Waals surface area contributed by atoms with Gasteiger partial charge in [-0.05, 0) is 74.4 Å². The second-order valence-corrected chi connectivity index (χ2v) is 10.7. The van der Waals surface area contributed by atoms with Crippen LogP contribution in [0.5, 0.6) is 0 Å². The van der Waals surface area contributed by atoms with E-state index in [9.17, 15) is 18.8 Å². The molecule has 1 unspecified atom stereocenters. The summed E-state index contributed by atoms with van der Waals surface area (Å²) in [6, 6.07) is 9.94. The molecule has 0 radical (unpaired) electrons. The summed E-state index contributed by atoms with van der Waals surface area (Å²) in [5.41, 5.74) is 2.91. The van der Waals surface area contributed by atoms with E-state index in [-0.39, 0.29) is 17.8 Å². The van der Waals surface area contributed by atoms with Crippen LogP contribution in [0.25, 0.3) is 0 Å². The highest BCUT2D eigenvalue weighted by molar-refractivity contribution is 6.39. The number of halogens is 2. The smallest absolute Gasteiger partial charge is 0.290 e. The zero-order chi connectivity index (χ0) is 26.1. The van der Waals surface area contributed by atoms with Crippen LogP contribution in [0.1, 0.15) is 54.1 Å². The number of benzene rings is 2. The molecule has 36 heavy (non-hydrogen) atoms. The molecule has 0 aliphatic carbocycles. The number of amides is 2. The van der Waals surface area contributed by atoms with E-state index in [0.717, 1.165) is 30.5 Å². The maximum atomic E-state index is 13.4. The van der Waals surface area contributed by atoms with E-state index in [1.807, 2.05) is 42.8 Å². The number of carbonyl (C=O) groups is 3. The summed E-state index contributed by atoms with van der Waals surface area (Å²) in [5.74, 6) is -1.61. The van der Waals surface area contributed by atoms with Crippen molar-refractivity contribution in [3.8, 4) is 0 Å². The Kier molecular flexibility index (Phi) is 7.69. The molecule has 2 aromatic carbocycles. The summed E-state index contributed by atoms with van der Waals surface area (Å²) in [4.78, 5) is 44.4. The number of nitrogens with zero attached hydrogens (tertiary/aromatic N) is 3. The van der Waals surface area contributed by atoms with Gasteiger partial charge >= 0.3 is 0 Å². The summed E-state index contributed by atoms with van der Waals surface area (Å²) in [6.07, 6.45) is 2.56. The number of likely N-dealkylation sites (tertiary alicyclic amines) is 1. The first-order valence-electron chi connectivity index (χ1n) is 12.5. The summed E-state index contributed by atoms with van der Waals surface area (Å²) >= 11 is 6.55. The molecule has 0 spiro atoms. The van der Waals surface area contributed by atoms with E-state index in [1.54, 1.807) is 19.2 Å². The number of Topliss-reactive ketones (excluding diaryl/α,β-unsaturated/α-hetero) is 1. The van der Waals surface area contributed by atoms with Gasteiger partial charge in [-0.3, -0.25) is 14.4 Å². The van der Waals surface area contributed by atoms with Gasteiger partial charge in [-0.15, -0.1) is 0 Å². The number of ketones is 1. The number of hydrogen-bond acceptors (Lipinski definition) is 4. The molecule has 2 heterocycles. The SMILES string of the molecule is CC(C)N(C)C(=O)C(=O)C1CN(C)c2cc(Cl)c(C(=O)N3CCC(Cc4ccc(F)cc4)CC3)cc21. The van der Waals surface area contributed by atoms with Crippen LogP contribution in [0.4, 0.5) is 10.1 Å². The topological polar surface area (TPSA) is 60.9 Å². The lowest BCUT2D eigenvalue weighted by Gasteiger charge is -2.32. The van der Waals surface area contributed by atoms with Crippen molar-refractivity contribution in [3.63, 3.8) is 0 Å². The Labute approximate surface area is 217 Å². The van der Waals surface area contributed by atoms with E-state index in [2.05, 4.69) is 0 Å². The van der Waals surface area contributed by atoms with E-state index in [1.165, 1.54) is 17.0 Å². The molecule has 0 N–H and O–H groups in total. The van der Waals surface area contributed by atoms with Crippen LogP contribution in [-0.4, -0.2) is 67.2 Å². The van der Waals surface area contributed by atoms with Gasteiger partial charge in [-0.25, -0.2) is 4.39 Å². The molecule has 1 atom stereocenters. The predicted octanol–water partition coefficient (Wildman–Crippen LogP) is 4.54. The van der Waals surface area contributed by atoms with Crippen molar-refractivity contribution >= 4 is 34.9 Å². The fourth-order valence-corrected chi connectivity index (χ4v) is 5.31. The van der Waals surface area contributed by atoms with Crippen LogP contribution in [-0.2, 0) is 16.0 Å². The molecule has 2 aliphatic heterocycles. The largest absolute Gasteiger partial charge is 0.373 e. The molecule has 1 saturated heterocycles. The number of anilines is 1. The maximum absolute atomic E-state index is 13.4.